The van der Waals surface area contributed by atoms with E-state index in [0.29, 0.717) is 18.4 Å². The van der Waals surface area contributed by atoms with Gasteiger partial charge in [-0.15, -0.1) is 11.3 Å². The van der Waals surface area contributed by atoms with Crippen molar-refractivity contribution in [3.63, 3.8) is 0 Å². The molecule has 4 rings (SSSR count). The molecular weight excluding hydrogens is 312 g/mol. The van der Waals surface area contributed by atoms with Gasteiger partial charge >= 0.3 is 0 Å². The van der Waals surface area contributed by atoms with Crippen molar-refractivity contribution < 1.29 is 9.32 Å². The number of aromatic nitrogens is 2. The molecule has 122 valence electrons. The van der Waals surface area contributed by atoms with Crippen LogP contribution in [0.4, 0.5) is 0 Å². The Morgan fingerprint density at radius 1 is 1.30 bits per heavy atom. The second kappa shape index (κ2) is 6.05. The van der Waals surface area contributed by atoms with Gasteiger partial charge in [0.15, 0.2) is 5.82 Å². The van der Waals surface area contributed by atoms with Crippen molar-refractivity contribution in [1.29, 1.82) is 0 Å². The molecule has 0 radical (unpaired) electrons. The summed E-state index contributed by atoms with van der Waals surface area (Å²) in [4.78, 5) is 23.1. The Bertz CT molecular complexity index is 699. The van der Waals surface area contributed by atoms with Gasteiger partial charge in [-0.25, -0.2) is 0 Å². The molecule has 23 heavy (non-hydrogen) atoms. The minimum absolute atomic E-state index is 0.150. The molecule has 2 aromatic heterocycles. The number of carbonyl (C=O) groups is 1. The quantitative estimate of drug-likeness (QED) is 0.859. The molecule has 1 saturated carbocycles. The van der Waals surface area contributed by atoms with Gasteiger partial charge in [-0.2, -0.15) is 4.98 Å². The lowest BCUT2D eigenvalue weighted by Crippen LogP contribution is -2.48. The highest BCUT2D eigenvalue weighted by atomic mass is 32.1. The molecule has 0 unspecified atom stereocenters. The van der Waals surface area contributed by atoms with Gasteiger partial charge in [-0.3, -0.25) is 9.69 Å². The van der Waals surface area contributed by atoms with Gasteiger partial charge in [0.25, 0.3) is 5.91 Å². The molecule has 0 spiro atoms. The lowest BCUT2D eigenvalue weighted by molar-refractivity contribution is 0.0620. The van der Waals surface area contributed by atoms with Gasteiger partial charge in [0.05, 0.1) is 11.4 Å². The molecule has 6 nitrogen and oxygen atoms in total. The third kappa shape index (κ3) is 3.30. The van der Waals surface area contributed by atoms with Crippen LogP contribution in [0.15, 0.2) is 16.7 Å². The van der Waals surface area contributed by atoms with Crippen molar-refractivity contribution >= 4 is 17.2 Å². The molecule has 7 heteroatoms. The molecule has 0 N–H and O–H groups in total. The zero-order valence-corrected chi connectivity index (χ0v) is 14.0. The summed E-state index contributed by atoms with van der Waals surface area (Å²) < 4.78 is 5.33. The van der Waals surface area contributed by atoms with E-state index >= 15 is 0 Å². The summed E-state index contributed by atoms with van der Waals surface area (Å²) in [5.74, 6) is 2.23. The molecule has 1 aliphatic heterocycles. The van der Waals surface area contributed by atoms with E-state index in [9.17, 15) is 4.79 Å². The minimum atomic E-state index is 0.150. The molecule has 1 amide bonds. The zero-order valence-electron chi connectivity index (χ0n) is 13.2. The van der Waals surface area contributed by atoms with E-state index < -0.39 is 0 Å². The molecule has 0 bridgehead atoms. The summed E-state index contributed by atoms with van der Waals surface area (Å²) in [6, 6.07) is 3.92. The normalized spacial score (nSPS) is 19.3. The second-order valence-corrected chi connectivity index (χ2v) is 7.59. The number of aryl methyl sites for hydroxylation is 1. The highest BCUT2D eigenvalue weighted by molar-refractivity contribution is 7.13. The fraction of sp³-hybridized carbons (Fsp3) is 0.562. The van der Waals surface area contributed by atoms with E-state index in [-0.39, 0.29) is 5.91 Å². The number of amides is 1. The van der Waals surface area contributed by atoms with E-state index in [0.717, 1.165) is 36.9 Å². The SMILES string of the molecule is Cc1ccc(C(=O)N2CCN(Cc3nc(C4CC4)no3)CC2)s1. The smallest absolute Gasteiger partial charge is 0.264 e. The number of rotatable bonds is 4. The molecule has 2 fully saturated rings. The Morgan fingerprint density at radius 2 is 2.09 bits per heavy atom. The van der Waals surface area contributed by atoms with Crippen molar-refractivity contribution in [1.82, 2.24) is 19.9 Å². The lowest BCUT2D eigenvalue weighted by Gasteiger charge is -2.33. The van der Waals surface area contributed by atoms with Gasteiger partial charge in [0, 0.05) is 37.0 Å². The maximum Gasteiger partial charge on any atom is 0.264 e. The third-order valence-corrected chi connectivity index (χ3v) is 5.38. The Hall–Kier alpha value is -1.73. The Labute approximate surface area is 139 Å². The first kappa shape index (κ1) is 14.8. The number of hydrogen-bond acceptors (Lipinski definition) is 6. The number of nitrogens with zero attached hydrogens (tertiary/aromatic N) is 4. The average molecular weight is 332 g/mol. The average Bonchev–Trinajstić information content (AvgIpc) is 3.16. The number of piperazine rings is 1. The maximum atomic E-state index is 12.4. The van der Waals surface area contributed by atoms with E-state index in [2.05, 4.69) is 15.0 Å². The van der Waals surface area contributed by atoms with Gasteiger partial charge in [-0.05, 0) is 31.9 Å². The maximum absolute atomic E-state index is 12.4. The second-order valence-electron chi connectivity index (χ2n) is 6.30. The highest BCUT2D eigenvalue weighted by Crippen LogP contribution is 2.38. The first-order valence-electron chi connectivity index (χ1n) is 8.09. The molecule has 1 aliphatic carbocycles. The Morgan fingerprint density at radius 3 is 2.74 bits per heavy atom. The predicted molar refractivity (Wildman–Crippen MR) is 86.5 cm³/mol. The topological polar surface area (TPSA) is 62.5 Å². The predicted octanol–water partition coefficient (Wildman–Crippen LogP) is 2.27. The summed E-state index contributed by atoms with van der Waals surface area (Å²) >= 11 is 1.57. The van der Waals surface area contributed by atoms with Crippen molar-refractivity contribution in [3.8, 4) is 0 Å². The summed E-state index contributed by atoms with van der Waals surface area (Å²) in [6.07, 6.45) is 2.36. The van der Waals surface area contributed by atoms with Crippen LogP contribution in [0.3, 0.4) is 0 Å². The van der Waals surface area contributed by atoms with Crippen LogP contribution in [0, 0.1) is 6.92 Å². The van der Waals surface area contributed by atoms with Crippen LogP contribution in [-0.2, 0) is 6.54 Å². The molecule has 2 aromatic rings. The lowest BCUT2D eigenvalue weighted by atomic mass is 10.3. The monoisotopic (exact) mass is 332 g/mol. The number of hydrogen-bond donors (Lipinski definition) is 0. The van der Waals surface area contributed by atoms with Crippen molar-refractivity contribution in [2.45, 2.75) is 32.2 Å². The molecule has 0 atom stereocenters. The van der Waals surface area contributed by atoms with Crippen molar-refractivity contribution in [3.05, 3.63) is 33.6 Å². The van der Waals surface area contributed by atoms with E-state index in [1.165, 1.54) is 17.7 Å². The standard InChI is InChI=1S/C16H20N4O2S/c1-11-2-5-13(23-11)16(21)20-8-6-19(7-9-20)10-14-17-15(18-22-14)12-3-4-12/h2,5,12H,3-4,6-10H2,1H3. The first-order valence-corrected chi connectivity index (χ1v) is 8.91. The summed E-state index contributed by atoms with van der Waals surface area (Å²) in [7, 11) is 0. The molecular formula is C16H20N4O2S. The summed E-state index contributed by atoms with van der Waals surface area (Å²) in [5.41, 5.74) is 0. The van der Waals surface area contributed by atoms with E-state index in [4.69, 9.17) is 4.52 Å². The Balaban J connectivity index is 1.30. The molecule has 3 heterocycles. The largest absolute Gasteiger partial charge is 0.338 e. The van der Waals surface area contributed by atoms with Gasteiger partial charge in [-0.1, -0.05) is 5.16 Å². The van der Waals surface area contributed by atoms with Gasteiger partial charge < -0.3 is 9.42 Å². The van der Waals surface area contributed by atoms with Crippen LogP contribution in [0.5, 0.6) is 0 Å². The molecule has 1 saturated heterocycles. The molecule has 2 aliphatic rings. The van der Waals surface area contributed by atoms with Crippen molar-refractivity contribution in [2.75, 3.05) is 26.2 Å². The summed E-state index contributed by atoms with van der Waals surface area (Å²) in [6.45, 7) is 5.90. The number of thiophene rings is 1. The third-order valence-electron chi connectivity index (χ3n) is 4.40. The van der Waals surface area contributed by atoms with Crippen LogP contribution in [0.1, 0.15) is 45.0 Å². The van der Waals surface area contributed by atoms with Gasteiger partial charge in [0.2, 0.25) is 5.89 Å². The fourth-order valence-corrected chi connectivity index (χ4v) is 3.68. The fourth-order valence-electron chi connectivity index (χ4n) is 2.85. The molecule has 0 aromatic carbocycles. The van der Waals surface area contributed by atoms with Crippen LogP contribution < -0.4 is 0 Å². The highest BCUT2D eigenvalue weighted by Gasteiger charge is 2.29. The van der Waals surface area contributed by atoms with Gasteiger partial charge in [0.1, 0.15) is 0 Å². The first-order chi connectivity index (χ1) is 11.2. The minimum Gasteiger partial charge on any atom is -0.338 e. The number of carbonyl (C=O) groups excluding carboxylic acids is 1. The van der Waals surface area contributed by atoms with E-state index in [1.54, 1.807) is 11.3 Å². The van der Waals surface area contributed by atoms with Crippen LogP contribution in [0.2, 0.25) is 0 Å². The zero-order chi connectivity index (χ0) is 15.8. The van der Waals surface area contributed by atoms with Crippen LogP contribution >= 0.6 is 11.3 Å². The van der Waals surface area contributed by atoms with Crippen molar-refractivity contribution in [2.24, 2.45) is 0 Å². The summed E-state index contributed by atoms with van der Waals surface area (Å²) in [5, 5.41) is 4.05. The Kier molecular flexibility index (Phi) is 3.90. The van der Waals surface area contributed by atoms with Crippen LogP contribution in [0.25, 0.3) is 0 Å². The van der Waals surface area contributed by atoms with Crippen LogP contribution in [-0.4, -0.2) is 52.0 Å². The van der Waals surface area contributed by atoms with E-state index in [1.807, 2.05) is 24.0 Å².